The largest absolute Gasteiger partial charge is 0.348 e. The van der Waals surface area contributed by atoms with Crippen molar-refractivity contribution in [2.45, 2.75) is 26.3 Å². The number of carbonyl (C=O) groups excluding carboxylic acids is 1. The lowest BCUT2D eigenvalue weighted by molar-refractivity contribution is 0.0692. The number of rotatable bonds is 2. The molecule has 0 spiro atoms. The fourth-order valence-electron chi connectivity index (χ4n) is 3.91. The molecule has 28 heavy (non-hydrogen) atoms. The summed E-state index contributed by atoms with van der Waals surface area (Å²) in [6.07, 6.45) is 5.90. The van der Waals surface area contributed by atoms with Gasteiger partial charge in [-0.2, -0.15) is 0 Å². The number of hydrogen-bond acceptors (Lipinski definition) is 6. The number of carbonyl (C=O) groups is 1. The van der Waals surface area contributed by atoms with E-state index in [9.17, 15) is 4.79 Å². The molecule has 1 amide bonds. The number of imidazole rings is 1. The maximum atomic E-state index is 13.7. The molecule has 1 aliphatic rings. The van der Waals surface area contributed by atoms with Gasteiger partial charge in [-0.3, -0.25) is 9.78 Å². The molecule has 0 radical (unpaired) electrons. The molecule has 0 saturated carbocycles. The van der Waals surface area contributed by atoms with Crippen LogP contribution in [-0.4, -0.2) is 42.4 Å². The SMILES string of the molecule is Cc1cc(C(=O)N2CCc3[nH]cnc3[C@@H]2c2cccnc2)c2c(C)noc2n1. The van der Waals surface area contributed by atoms with Gasteiger partial charge >= 0.3 is 0 Å². The van der Waals surface area contributed by atoms with Crippen LogP contribution in [0.2, 0.25) is 0 Å². The molecule has 0 unspecified atom stereocenters. The van der Waals surface area contributed by atoms with Crippen LogP contribution in [0.5, 0.6) is 0 Å². The molecule has 5 rings (SSSR count). The summed E-state index contributed by atoms with van der Waals surface area (Å²) in [4.78, 5) is 31.9. The average molecular weight is 374 g/mol. The molecule has 0 aromatic carbocycles. The third-order valence-corrected chi connectivity index (χ3v) is 5.16. The second kappa shape index (κ2) is 6.26. The highest BCUT2D eigenvalue weighted by atomic mass is 16.5. The van der Waals surface area contributed by atoms with Crippen LogP contribution in [0.1, 0.15) is 44.7 Å². The number of fused-ring (bicyclic) bond motifs is 2. The highest BCUT2D eigenvalue weighted by Crippen LogP contribution is 2.35. The van der Waals surface area contributed by atoms with E-state index in [-0.39, 0.29) is 11.9 Å². The summed E-state index contributed by atoms with van der Waals surface area (Å²) in [6.45, 7) is 4.23. The normalized spacial score (nSPS) is 16.4. The van der Waals surface area contributed by atoms with Crippen LogP contribution in [-0.2, 0) is 6.42 Å². The van der Waals surface area contributed by atoms with Gasteiger partial charge in [-0.15, -0.1) is 0 Å². The molecule has 1 aliphatic heterocycles. The molecular weight excluding hydrogens is 356 g/mol. The number of aromatic amines is 1. The zero-order valence-electron chi connectivity index (χ0n) is 15.5. The molecule has 140 valence electrons. The highest BCUT2D eigenvalue weighted by Gasteiger charge is 2.35. The Morgan fingerprint density at radius 2 is 2.25 bits per heavy atom. The molecule has 4 aromatic rings. The standard InChI is InChI=1S/C20H18N6O2/c1-11-8-14(16-12(2)25-28-19(16)24-11)20(27)26-7-5-15-17(23-10-22-15)18(26)13-4-3-6-21-9-13/h3-4,6,8-10,18H,5,7H2,1-2H3,(H,22,23)/t18-/m0/s1. The van der Waals surface area contributed by atoms with Crippen LogP contribution < -0.4 is 0 Å². The van der Waals surface area contributed by atoms with E-state index >= 15 is 0 Å². The van der Waals surface area contributed by atoms with Gasteiger partial charge < -0.3 is 14.4 Å². The summed E-state index contributed by atoms with van der Waals surface area (Å²) >= 11 is 0. The minimum absolute atomic E-state index is 0.0932. The molecule has 0 bridgehead atoms. The number of amides is 1. The summed E-state index contributed by atoms with van der Waals surface area (Å²) in [5, 5.41) is 4.65. The van der Waals surface area contributed by atoms with Crippen LogP contribution >= 0.6 is 0 Å². The number of hydrogen-bond donors (Lipinski definition) is 1. The minimum atomic E-state index is -0.306. The Bertz CT molecular complexity index is 1180. The van der Waals surface area contributed by atoms with Gasteiger partial charge in [0.1, 0.15) is 6.04 Å². The minimum Gasteiger partial charge on any atom is -0.348 e. The lowest BCUT2D eigenvalue weighted by Gasteiger charge is -2.35. The zero-order valence-corrected chi connectivity index (χ0v) is 15.5. The first-order chi connectivity index (χ1) is 13.6. The number of aromatic nitrogens is 5. The topological polar surface area (TPSA) is 101 Å². The maximum Gasteiger partial charge on any atom is 0.258 e. The molecule has 0 aliphatic carbocycles. The maximum absolute atomic E-state index is 13.7. The van der Waals surface area contributed by atoms with Gasteiger partial charge in [-0.05, 0) is 31.5 Å². The van der Waals surface area contributed by atoms with Crippen molar-refractivity contribution in [3.63, 3.8) is 0 Å². The fraction of sp³-hybridized carbons (Fsp3) is 0.250. The summed E-state index contributed by atoms with van der Waals surface area (Å²) in [5.74, 6) is -0.0932. The molecule has 0 fully saturated rings. The van der Waals surface area contributed by atoms with Crippen LogP contribution in [0.25, 0.3) is 11.1 Å². The number of aryl methyl sites for hydroxylation is 2. The van der Waals surface area contributed by atoms with E-state index in [1.54, 1.807) is 24.8 Å². The molecular formula is C20H18N6O2. The van der Waals surface area contributed by atoms with E-state index in [0.29, 0.717) is 41.0 Å². The Balaban J connectivity index is 1.66. The quantitative estimate of drug-likeness (QED) is 0.579. The van der Waals surface area contributed by atoms with E-state index in [1.165, 1.54) is 0 Å². The van der Waals surface area contributed by atoms with Crippen molar-refractivity contribution >= 4 is 17.0 Å². The van der Waals surface area contributed by atoms with Crippen molar-refractivity contribution in [2.75, 3.05) is 6.54 Å². The van der Waals surface area contributed by atoms with Crippen molar-refractivity contribution in [3.05, 3.63) is 70.8 Å². The van der Waals surface area contributed by atoms with E-state index in [2.05, 4.69) is 25.1 Å². The lowest BCUT2D eigenvalue weighted by Crippen LogP contribution is -2.41. The third kappa shape index (κ3) is 2.49. The molecule has 8 heteroatoms. The van der Waals surface area contributed by atoms with Crippen molar-refractivity contribution in [3.8, 4) is 0 Å². The zero-order chi connectivity index (χ0) is 19.3. The second-order valence-corrected chi connectivity index (χ2v) is 6.96. The van der Waals surface area contributed by atoms with E-state index in [1.807, 2.05) is 30.9 Å². The first-order valence-corrected chi connectivity index (χ1v) is 9.10. The smallest absolute Gasteiger partial charge is 0.258 e. The first-order valence-electron chi connectivity index (χ1n) is 9.10. The summed E-state index contributed by atoms with van der Waals surface area (Å²) < 4.78 is 5.30. The van der Waals surface area contributed by atoms with Crippen LogP contribution in [0, 0.1) is 13.8 Å². The molecule has 1 atom stereocenters. The molecule has 8 nitrogen and oxygen atoms in total. The van der Waals surface area contributed by atoms with Crippen molar-refractivity contribution < 1.29 is 9.32 Å². The Kier molecular flexibility index (Phi) is 3.71. The molecule has 1 N–H and O–H groups in total. The van der Waals surface area contributed by atoms with E-state index < -0.39 is 0 Å². The fourth-order valence-corrected chi connectivity index (χ4v) is 3.91. The lowest BCUT2D eigenvalue weighted by atomic mass is 9.95. The monoisotopic (exact) mass is 374 g/mol. The van der Waals surface area contributed by atoms with Crippen molar-refractivity contribution in [1.29, 1.82) is 0 Å². The third-order valence-electron chi connectivity index (χ3n) is 5.16. The van der Waals surface area contributed by atoms with Gasteiger partial charge in [0.15, 0.2) is 0 Å². The van der Waals surface area contributed by atoms with Crippen molar-refractivity contribution in [2.24, 2.45) is 0 Å². The van der Waals surface area contributed by atoms with Gasteiger partial charge in [-0.1, -0.05) is 11.2 Å². The Hall–Kier alpha value is -3.55. The summed E-state index contributed by atoms with van der Waals surface area (Å²) in [7, 11) is 0. The second-order valence-electron chi connectivity index (χ2n) is 6.96. The van der Waals surface area contributed by atoms with E-state index in [4.69, 9.17) is 4.52 Å². The van der Waals surface area contributed by atoms with Gasteiger partial charge in [0.25, 0.3) is 11.6 Å². The van der Waals surface area contributed by atoms with Gasteiger partial charge in [0.2, 0.25) is 0 Å². The summed E-state index contributed by atoms with van der Waals surface area (Å²) in [5.41, 5.74) is 5.13. The summed E-state index contributed by atoms with van der Waals surface area (Å²) in [6, 6.07) is 5.34. The van der Waals surface area contributed by atoms with Gasteiger partial charge in [-0.25, -0.2) is 9.97 Å². The number of nitrogens with one attached hydrogen (secondary N) is 1. The molecule has 0 saturated heterocycles. The predicted molar refractivity (Wildman–Crippen MR) is 101 cm³/mol. The number of nitrogens with zero attached hydrogens (tertiary/aromatic N) is 5. The van der Waals surface area contributed by atoms with Gasteiger partial charge in [0.05, 0.1) is 28.7 Å². The Labute approximate surface area is 160 Å². The number of pyridine rings is 2. The Morgan fingerprint density at radius 3 is 3.07 bits per heavy atom. The molecule has 4 aromatic heterocycles. The highest BCUT2D eigenvalue weighted by molar-refractivity contribution is 6.06. The average Bonchev–Trinajstić information content (AvgIpc) is 3.33. The van der Waals surface area contributed by atoms with E-state index in [0.717, 1.165) is 17.0 Å². The van der Waals surface area contributed by atoms with Gasteiger partial charge in [0, 0.05) is 36.7 Å². The van der Waals surface area contributed by atoms with Crippen molar-refractivity contribution in [1.82, 2.24) is 30.0 Å². The first kappa shape index (κ1) is 16.6. The number of H-pyrrole nitrogens is 1. The van der Waals surface area contributed by atoms with Crippen LogP contribution in [0.4, 0.5) is 0 Å². The van der Waals surface area contributed by atoms with Crippen LogP contribution in [0.15, 0.2) is 41.4 Å². The van der Waals surface area contributed by atoms with Crippen LogP contribution in [0.3, 0.4) is 0 Å². The Morgan fingerprint density at radius 1 is 1.36 bits per heavy atom. The predicted octanol–water partition coefficient (Wildman–Crippen LogP) is 2.75. The molecule has 5 heterocycles.